The molecule has 2 nitrogen and oxygen atoms in total. The van der Waals surface area contributed by atoms with Crippen LogP contribution in [0.15, 0.2) is 24.3 Å². The van der Waals surface area contributed by atoms with Gasteiger partial charge in [-0.05, 0) is 17.5 Å². The van der Waals surface area contributed by atoms with Crippen molar-refractivity contribution in [1.82, 2.24) is 0 Å². The molecule has 82 valence electrons. The molecule has 1 heterocycles. The van der Waals surface area contributed by atoms with Gasteiger partial charge in [0.1, 0.15) is 4.16 Å². The van der Waals surface area contributed by atoms with Gasteiger partial charge in [-0.15, -0.1) is 0 Å². The van der Waals surface area contributed by atoms with Crippen LogP contribution in [0.3, 0.4) is 0 Å². The van der Waals surface area contributed by atoms with Crippen molar-refractivity contribution in [2.45, 2.75) is 15.4 Å². The molecule has 5 heteroatoms. The summed E-state index contributed by atoms with van der Waals surface area (Å²) in [6.45, 7) is 0. The zero-order valence-corrected chi connectivity index (χ0v) is 11.8. The first-order valence-corrected chi connectivity index (χ1v) is 8.14. The lowest BCUT2D eigenvalue weighted by atomic mass is 10.0. The second-order valence-electron chi connectivity index (χ2n) is 3.57. The molecule has 2 atom stereocenters. The van der Waals surface area contributed by atoms with Crippen molar-refractivity contribution in [3.05, 3.63) is 35.4 Å². The maximum absolute atomic E-state index is 11.8. The molecule has 0 fully saturated rings. The molecule has 0 amide bonds. The molecule has 0 aliphatic carbocycles. The molecule has 0 N–H and O–H groups in total. The van der Waals surface area contributed by atoms with Crippen molar-refractivity contribution in [3.63, 3.8) is 0 Å². The Bertz CT molecular complexity index is 470. The summed E-state index contributed by atoms with van der Waals surface area (Å²) < 4.78 is 23.1. The molecule has 1 aliphatic heterocycles. The van der Waals surface area contributed by atoms with E-state index in [-0.39, 0.29) is 10.6 Å². The Balaban J connectivity index is 2.53. The zero-order valence-electron chi connectivity index (χ0n) is 7.86. The monoisotopic (exact) mass is 352 g/mol. The summed E-state index contributed by atoms with van der Waals surface area (Å²) in [7, 11) is -3.05. The van der Waals surface area contributed by atoms with Gasteiger partial charge in [-0.1, -0.05) is 56.1 Å². The fourth-order valence-corrected chi connectivity index (χ4v) is 5.24. The van der Waals surface area contributed by atoms with Crippen molar-refractivity contribution in [1.29, 1.82) is 0 Å². The highest BCUT2D eigenvalue weighted by Crippen LogP contribution is 2.39. The third kappa shape index (κ3) is 2.15. The van der Waals surface area contributed by atoms with E-state index in [9.17, 15) is 8.42 Å². The first-order valence-electron chi connectivity index (χ1n) is 4.60. The molecular formula is C10H10Br2O2S. The van der Waals surface area contributed by atoms with E-state index in [1.165, 1.54) is 0 Å². The van der Waals surface area contributed by atoms with Crippen LogP contribution >= 0.6 is 31.9 Å². The van der Waals surface area contributed by atoms with Crippen LogP contribution in [-0.4, -0.2) is 18.3 Å². The molecule has 0 aromatic heterocycles. The Labute approximate surface area is 106 Å². The maximum atomic E-state index is 11.8. The summed E-state index contributed by atoms with van der Waals surface area (Å²) in [5.74, 6) is 0.210. The lowest BCUT2D eigenvalue weighted by Crippen LogP contribution is -2.20. The van der Waals surface area contributed by atoms with Gasteiger partial charge >= 0.3 is 0 Å². The van der Waals surface area contributed by atoms with E-state index in [4.69, 9.17) is 0 Å². The van der Waals surface area contributed by atoms with Gasteiger partial charge in [0, 0.05) is 0 Å². The number of sulfone groups is 1. The largest absolute Gasteiger partial charge is 0.228 e. The molecule has 0 spiro atoms. The van der Waals surface area contributed by atoms with Gasteiger partial charge in [0.2, 0.25) is 0 Å². The van der Waals surface area contributed by atoms with Crippen molar-refractivity contribution >= 4 is 41.7 Å². The van der Waals surface area contributed by atoms with Crippen LogP contribution in [0, 0.1) is 0 Å². The van der Waals surface area contributed by atoms with Crippen molar-refractivity contribution in [2.24, 2.45) is 0 Å². The number of hydrogen-bond acceptors (Lipinski definition) is 2. The van der Waals surface area contributed by atoms with E-state index in [1.54, 1.807) is 0 Å². The molecule has 15 heavy (non-hydrogen) atoms. The highest BCUT2D eigenvalue weighted by Gasteiger charge is 2.34. The normalized spacial score (nSPS) is 29.2. The van der Waals surface area contributed by atoms with E-state index in [2.05, 4.69) is 31.9 Å². The molecule has 1 aromatic carbocycles. The Morgan fingerprint density at radius 1 is 1.20 bits per heavy atom. The molecule has 2 rings (SSSR count). The van der Waals surface area contributed by atoms with E-state index >= 15 is 0 Å². The highest BCUT2D eigenvalue weighted by molar-refractivity contribution is 9.13. The summed E-state index contributed by atoms with van der Waals surface area (Å²) in [5, 5.41) is 0. The third-order valence-corrected chi connectivity index (χ3v) is 8.63. The third-order valence-electron chi connectivity index (χ3n) is 2.58. The summed E-state index contributed by atoms with van der Waals surface area (Å²) in [6, 6.07) is 7.85. The minimum absolute atomic E-state index is 0.166. The number of halogens is 2. The summed E-state index contributed by atoms with van der Waals surface area (Å²) in [4.78, 5) is -0.166. The van der Waals surface area contributed by atoms with Crippen LogP contribution in [-0.2, 0) is 16.3 Å². The molecule has 0 saturated carbocycles. The van der Waals surface area contributed by atoms with Crippen LogP contribution in [0.25, 0.3) is 0 Å². The molecule has 0 radical (unpaired) electrons. The van der Waals surface area contributed by atoms with Gasteiger partial charge < -0.3 is 0 Å². The van der Waals surface area contributed by atoms with E-state index in [0.717, 1.165) is 11.1 Å². The second-order valence-corrected chi connectivity index (χ2v) is 8.39. The Morgan fingerprint density at radius 2 is 1.87 bits per heavy atom. The SMILES string of the molecule is O=S1(=O)CCc2ccccc2[C@@H](Br)[C@@H]1Br. The van der Waals surface area contributed by atoms with Crippen LogP contribution in [0.2, 0.25) is 0 Å². The van der Waals surface area contributed by atoms with Gasteiger partial charge in [-0.2, -0.15) is 0 Å². The number of rotatable bonds is 0. The summed E-state index contributed by atoms with van der Waals surface area (Å²) >= 11 is 6.71. The number of hydrogen-bond donors (Lipinski definition) is 0. The first-order chi connectivity index (χ1) is 7.02. The predicted molar refractivity (Wildman–Crippen MR) is 68.3 cm³/mol. The molecule has 0 unspecified atom stereocenters. The number of alkyl halides is 2. The highest BCUT2D eigenvalue weighted by atomic mass is 79.9. The quantitative estimate of drug-likeness (QED) is 0.672. The molecular weight excluding hydrogens is 344 g/mol. The Hall–Kier alpha value is 0.130. The number of benzene rings is 1. The number of fused-ring (bicyclic) bond motifs is 1. The Kier molecular flexibility index (Phi) is 3.24. The summed E-state index contributed by atoms with van der Waals surface area (Å²) in [5.41, 5.74) is 2.19. The van der Waals surface area contributed by atoms with Crippen molar-refractivity contribution in [3.8, 4) is 0 Å². The van der Waals surface area contributed by atoms with Gasteiger partial charge in [0.05, 0.1) is 10.6 Å². The van der Waals surface area contributed by atoms with E-state index in [1.807, 2.05) is 24.3 Å². The smallest absolute Gasteiger partial charge is 0.164 e. The average molecular weight is 354 g/mol. The maximum Gasteiger partial charge on any atom is 0.164 e. The minimum atomic E-state index is -3.05. The average Bonchev–Trinajstić information content (AvgIpc) is 2.31. The van der Waals surface area contributed by atoms with Crippen LogP contribution in [0.1, 0.15) is 16.0 Å². The van der Waals surface area contributed by atoms with Crippen LogP contribution in [0.5, 0.6) is 0 Å². The summed E-state index contributed by atoms with van der Waals surface area (Å²) in [6.07, 6.45) is 0.600. The molecule has 0 saturated heterocycles. The molecule has 1 aromatic rings. The predicted octanol–water partition coefficient (Wildman–Crippen LogP) is 2.81. The topological polar surface area (TPSA) is 34.1 Å². The van der Waals surface area contributed by atoms with E-state index in [0.29, 0.717) is 6.42 Å². The van der Waals surface area contributed by atoms with Crippen LogP contribution < -0.4 is 0 Å². The van der Waals surface area contributed by atoms with Gasteiger partial charge in [-0.25, -0.2) is 8.42 Å². The van der Waals surface area contributed by atoms with E-state index < -0.39 is 14.0 Å². The molecule has 0 bridgehead atoms. The van der Waals surface area contributed by atoms with Gasteiger partial charge in [0.25, 0.3) is 0 Å². The zero-order chi connectivity index (χ0) is 11.1. The second kappa shape index (κ2) is 4.18. The van der Waals surface area contributed by atoms with Crippen LogP contribution in [0.4, 0.5) is 0 Å². The van der Waals surface area contributed by atoms with Crippen molar-refractivity contribution < 1.29 is 8.42 Å². The molecule has 1 aliphatic rings. The van der Waals surface area contributed by atoms with Gasteiger partial charge in [0.15, 0.2) is 9.84 Å². The Morgan fingerprint density at radius 3 is 2.60 bits per heavy atom. The lowest BCUT2D eigenvalue weighted by molar-refractivity contribution is 0.594. The fourth-order valence-electron chi connectivity index (χ4n) is 1.72. The fraction of sp³-hybridized carbons (Fsp3) is 0.400. The van der Waals surface area contributed by atoms with Crippen molar-refractivity contribution in [2.75, 3.05) is 5.75 Å². The standard InChI is InChI=1S/C10H10Br2O2S/c11-9-8-4-2-1-3-7(8)5-6-15(13,14)10(9)12/h1-4,9-10H,5-6H2/t9-,10-/m1/s1. The minimum Gasteiger partial charge on any atom is -0.228 e. The first kappa shape index (κ1) is 11.6. The van der Waals surface area contributed by atoms with Gasteiger partial charge in [-0.3, -0.25) is 0 Å². The lowest BCUT2D eigenvalue weighted by Gasteiger charge is -2.14. The number of aryl methyl sites for hydroxylation is 1.